The van der Waals surface area contributed by atoms with Crippen LogP contribution in [-0.2, 0) is 0 Å². The van der Waals surface area contributed by atoms with Crippen molar-refractivity contribution in [3.05, 3.63) is 25.1 Å². The van der Waals surface area contributed by atoms with Crippen molar-refractivity contribution < 1.29 is 0 Å². The van der Waals surface area contributed by atoms with E-state index in [-0.39, 0.29) is 6.04 Å². The SMILES string of the molecule is C=C/C=N\N(C(=C)N)C(C)C. The number of nitrogens with two attached hydrogens (primary N) is 1. The highest BCUT2D eigenvalue weighted by atomic mass is 15.5. The van der Waals surface area contributed by atoms with E-state index in [0.29, 0.717) is 5.82 Å². The number of rotatable bonds is 4. The van der Waals surface area contributed by atoms with Crippen LogP contribution in [0.1, 0.15) is 13.8 Å². The van der Waals surface area contributed by atoms with Gasteiger partial charge in [-0.1, -0.05) is 13.2 Å². The van der Waals surface area contributed by atoms with E-state index in [1.54, 1.807) is 17.3 Å². The van der Waals surface area contributed by atoms with Gasteiger partial charge in [0.15, 0.2) is 0 Å². The molecule has 62 valence electrons. The molecule has 3 heteroatoms. The van der Waals surface area contributed by atoms with Gasteiger partial charge in [-0.2, -0.15) is 5.10 Å². The Morgan fingerprint density at radius 1 is 1.64 bits per heavy atom. The molecule has 0 aromatic rings. The number of nitrogens with zero attached hydrogens (tertiary/aromatic N) is 2. The van der Waals surface area contributed by atoms with Gasteiger partial charge >= 0.3 is 0 Å². The van der Waals surface area contributed by atoms with Gasteiger partial charge in [0.2, 0.25) is 0 Å². The first-order chi connectivity index (χ1) is 5.09. The fourth-order valence-electron chi connectivity index (χ4n) is 0.658. The Kier molecular flexibility index (Phi) is 4.03. The molecule has 0 saturated carbocycles. The first-order valence-corrected chi connectivity index (χ1v) is 3.48. The minimum absolute atomic E-state index is 0.226. The van der Waals surface area contributed by atoms with E-state index in [4.69, 9.17) is 5.73 Å². The lowest BCUT2D eigenvalue weighted by Crippen LogP contribution is -2.28. The average molecular weight is 153 g/mol. The molecule has 0 aliphatic rings. The zero-order valence-electron chi connectivity index (χ0n) is 7.12. The third kappa shape index (κ3) is 3.45. The van der Waals surface area contributed by atoms with E-state index >= 15 is 0 Å². The maximum atomic E-state index is 5.46. The smallest absolute Gasteiger partial charge is 0.113 e. The third-order valence-corrected chi connectivity index (χ3v) is 1.08. The Bertz CT molecular complexity index is 170. The molecule has 11 heavy (non-hydrogen) atoms. The third-order valence-electron chi connectivity index (χ3n) is 1.08. The maximum absolute atomic E-state index is 5.46. The molecule has 2 N–H and O–H groups in total. The molecular weight excluding hydrogens is 138 g/mol. The molecule has 0 radical (unpaired) electrons. The van der Waals surface area contributed by atoms with Crippen LogP contribution in [0.25, 0.3) is 0 Å². The number of hydrogen-bond acceptors (Lipinski definition) is 3. The molecule has 0 heterocycles. The van der Waals surface area contributed by atoms with Crippen molar-refractivity contribution in [1.29, 1.82) is 0 Å². The Labute approximate surface area is 67.9 Å². The van der Waals surface area contributed by atoms with Crippen LogP contribution >= 0.6 is 0 Å². The van der Waals surface area contributed by atoms with Gasteiger partial charge in [-0.25, -0.2) is 5.01 Å². The molecule has 0 amide bonds. The van der Waals surface area contributed by atoms with Crippen LogP contribution in [-0.4, -0.2) is 17.3 Å². The predicted octanol–water partition coefficient (Wildman–Crippen LogP) is 1.30. The monoisotopic (exact) mass is 153 g/mol. The minimum atomic E-state index is 0.226. The van der Waals surface area contributed by atoms with Crippen molar-refractivity contribution in [2.75, 3.05) is 0 Å². The van der Waals surface area contributed by atoms with Gasteiger partial charge in [0.05, 0.1) is 0 Å². The molecule has 0 aromatic carbocycles. The number of hydrogen-bond donors (Lipinski definition) is 1. The zero-order chi connectivity index (χ0) is 8.85. The van der Waals surface area contributed by atoms with E-state index < -0.39 is 0 Å². The normalized spacial score (nSPS) is 10.5. The van der Waals surface area contributed by atoms with E-state index in [1.807, 2.05) is 13.8 Å². The fraction of sp³-hybridized carbons (Fsp3) is 0.375. The molecule has 0 bridgehead atoms. The summed E-state index contributed by atoms with van der Waals surface area (Å²) in [6.45, 7) is 11.1. The highest BCUT2D eigenvalue weighted by molar-refractivity contribution is 5.69. The first-order valence-electron chi connectivity index (χ1n) is 3.48. The highest BCUT2D eigenvalue weighted by Crippen LogP contribution is 2.01. The fourth-order valence-corrected chi connectivity index (χ4v) is 0.658. The summed E-state index contributed by atoms with van der Waals surface area (Å²) in [5, 5.41) is 5.63. The lowest BCUT2D eigenvalue weighted by Gasteiger charge is -2.21. The largest absolute Gasteiger partial charge is 0.384 e. The Hall–Kier alpha value is -1.25. The lowest BCUT2D eigenvalue weighted by atomic mass is 10.4. The van der Waals surface area contributed by atoms with Gasteiger partial charge in [-0.05, 0) is 19.9 Å². The summed E-state index contributed by atoms with van der Waals surface area (Å²) in [6, 6.07) is 0.226. The summed E-state index contributed by atoms with van der Waals surface area (Å²) in [4.78, 5) is 0. The van der Waals surface area contributed by atoms with Crippen LogP contribution in [0.3, 0.4) is 0 Å². The van der Waals surface area contributed by atoms with Gasteiger partial charge in [-0.3, -0.25) is 0 Å². The molecule has 0 aliphatic heterocycles. The summed E-state index contributed by atoms with van der Waals surface area (Å²) in [7, 11) is 0. The van der Waals surface area contributed by atoms with E-state index in [9.17, 15) is 0 Å². The van der Waals surface area contributed by atoms with Crippen LogP contribution in [0.15, 0.2) is 30.2 Å². The van der Waals surface area contributed by atoms with Gasteiger partial charge < -0.3 is 5.73 Å². The van der Waals surface area contributed by atoms with Crippen LogP contribution < -0.4 is 5.73 Å². The topological polar surface area (TPSA) is 41.6 Å². The van der Waals surface area contributed by atoms with Crippen LogP contribution in [0.2, 0.25) is 0 Å². The van der Waals surface area contributed by atoms with Gasteiger partial charge in [0.1, 0.15) is 5.82 Å². The van der Waals surface area contributed by atoms with E-state index in [0.717, 1.165) is 0 Å². The second-order valence-corrected chi connectivity index (χ2v) is 2.43. The molecule has 0 rings (SSSR count). The number of hydrazone groups is 1. The maximum Gasteiger partial charge on any atom is 0.113 e. The Morgan fingerprint density at radius 3 is 2.45 bits per heavy atom. The predicted molar refractivity (Wildman–Crippen MR) is 49.0 cm³/mol. The molecule has 0 fully saturated rings. The average Bonchev–Trinajstić information content (AvgIpc) is 1.87. The van der Waals surface area contributed by atoms with Gasteiger partial charge in [-0.15, -0.1) is 0 Å². The standard InChI is InChI=1S/C8H15N3/c1-5-6-10-11(7(2)3)8(4)9/h5-7H,1,4,9H2,2-3H3/b10-6-. The zero-order valence-corrected chi connectivity index (χ0v) is 7.12. The van der Waals surface area contributed by atoms with Gasteiger partial charge in [0, 0.05) is 12.3 Å². The van der Waals surface area contributed by atoms with E-state index in [2.05, 4.69) is 18.3 Å². The molecule has 0 atom stereocenters. The molecule has 0 unspecified atom stereocenters. The molecule has 3 nitrogen and oxygen atoms in total. The molecule has 0 spiro atoms. The summed E-state index contributed by atoms with van der Waals surface area (Å²) >= 11 is 0. The summed E-state index contributed by atoms with van der Waals surface area (Å²) in [5.41, 5.74) is 5.46. The second kappa shape index (κ2) is 4.55. The van der Waals surface area contributed by atoms with Gasteiger partial charge in [0.25, 0.3) is 0 Å². The van der Waals surface area contributed by atoms with Crippen LogP contribution in [0.5, 0.6) is 0 Å². The molecule has 0 aromatic heterocycles. The van der Waals surface area contributed by atoms with Crippen molar-refractivity contribution in [3.8, 4) is 0 Å². The van der Waals surface area contributed by atoms with Crippen molar-refractivity contribution in [2.24, 2.45) is 10.8 Å². The van der Waals surface area contributed by atoms with Crippen molar-refractivity contribution in [1.82, 2.24) is 5.01 Å². The van der Waals surface area contributed by atoms with Crippen molar-refractivity contribution in [3.63, 3.8) is 0 Å². The summed E-state index contributed by atoms with van der Waals surface area (Å²) in [6.07, 6.45) is 3.18. The van der Waals surface area contributed by atoms with E-state index in [1.165, 1.54) is 0 Å². The van der Waals surface area contributed by atoms with Crippen molar-refractivity contribution >= 4 is 6.21 Å². The minimum Gasteiger partial charge on any atom is -0.384 e. The molecule has 0 aliphatic carbocycles. The van der Waals surface area contributed by atoms with Crippen LogP contribution in [0.4, 0.5) is 0 Å². The Balaban J connectivity index is 4.22. The van der Waals surface area contributed by atoms with Crippen LogP contribution in [0, 0.1) is 0 Å². The Morgan fingerprint density at radius 2 is 2.18 bits per heavy atom. The lowest BCUT2D eigenvalue weighted by molar-refractivity contribution is 0.298. The summed E-state index contributed by atoms with van der Waals surface area (Å²) < 4.78 is 0. The second-order valence-electron chi connectivity index (χ2n) is 2.43. The molecular formula is C8H15N3. The first kappa shape index (κ1) is 9.75. The molecule has 0 saturated heterocycles. The van der Waals surface area contributed by atoms with Crippen molar-refractivity contribution in [2.45, 2.75) is 19.9 Å². The quantitative estimate of drug-likeness (QED) is 0.488. The highest BCUT2D eigenvalue weighted by Gasteiger charge is 2.04. The number of allylic oxidation sites excluding steroid dienone is 1. The summed E-state index contributed by atoms with van der Waals surface area (Å²) in [5.74, 6) is 0.443.